The predicted molar refractivity (Wildman–Crippen MR) is 75.0 cm³/mol. The smallest absolute Gasteiger partial charge is 0.394 e. The molecule has 0 bridgehead atoms. The summed E-state index contributed by atoms with van der Waals surface area (Å²) in [6.45, 7) is 2.27. The number of carbonyl (C=O) groups excluding carboxylic acids is 1. The molecule has 0 aliphatic carbocycles. The van der Waals surface area contributed by atoms with E-state index in [1.165, 1.54) is 0 Å². The van der Waals surface area contributed by atoms with Crippen molar-refractivity contribution in [3.8, 4) is 0 Å². The van der Waals surface area contributed by atoms with Crippen LogP contribution in [0.25, 0.3) is 0 Å². The van der Waals surface area contributed by atoms with Crippen molar-refractivity contribution in [2.45, 2.75) is 20.0 Å². The van der Waals surface area contributed by atoms with Crippen LogP contribution in [0, 0.1) is 25.7 Å². The van der Waals surface area contributed by atoms with E-state index in [1.54, 1.807) is 26.0 Å². The molecule has 126 valence electrons. The van der Waals surface area contributed by atoms with Gasteiger partial charge in [-0.1, -0.05) is 0 Å². The molecule has 9 heteroatoms. The third-order valence-electron chi connectivity index (χ3n) is 3.81. The molecule has 1 aliphatic rings. The highest BCUT2D eigenvalue weighted by atomic mass is 19.4. The number of pyridine rings is 1. The highest BCUT2D eigenvalue weighted by Crippen LogP contribution is 2.37. The van der Waals surface area contributed by atoms with Gasteiger partial charge in [0, 0.05) is 18.8 Å². The van der Waals surface area contributed by atoms with Crippen molar-refractivity contribution in [3.63, 3.8) is 0 Å². The molecule has 1 fully saturated rings. The summed E-state index contributed by atoms with van der Waals surface area (Å²) in [5, 5.41) is 11.4. The summed E-state index contributed by atoms with van der Waals surface area (Å²) in [6.07, 6.45) is -4.67. The average Bonchev–Trinajstić information content (AvgIpc) is 2.87. The van der Waals surface area contributed by atoms with Gasteiger partial charge in [0.2, 0.25) is 0 Å². The van der Waals surface area contributed by atoms with Gasteiger partial charge < -0.3 is 15.3 Å². The Balaban J connectivity index is 2.13. The lowest BCUT2D eigenvalue weighted by Gasteiger charge is -2.19. The number of urea groups is 1. The largest absolute Gasteiger partial charge is 0.481 e. The average molecular weight is 331 g/mol. The predicted octanol–water partition coefficient (Wildman–Crippen LogP) is 2.43. The van der Waals surface area contributed by atoms with Crippen LogP contribution < -0.4 is 5.32 Å². The van der Waals surface area contributed by atoms with Gasteiger partial charge in [0.25, 0.3) is 0 Å². The van der Waals surface area contributed by atoms with Crippen LogP contribution in [0.1, 0.15) is 11.4 Å². The van der Waals surface area contributed by atoms with Gasteiger partial charge in [-0.15, -0.1) is 0 Å². The van der Waals surface area contributed by atoms with E-state index in [9.17, 15) is 22.8 Å². The summed E-state index contributed by atoms with van der Waals surface area (Å²) in [5.74, 6) is -5.28. The number of hydrogen-bond donors (Lipinski definition) is 2. The van der Waals surface area contributed by atoms with Crippen LogP contribution in [0.3, 0.4) is 0 Å². The molecule has 0 spiro atoms. The zero-order valence-electron chi connectivity index (χ0n) is 12.5. The molecular weight excluding hydrogens is 315 g/mol. The number of aliphatic carboxylic acids is 1. The van der Waals surface area contributed by atoms with Crippen LogP contribution in [0.4, 0.5) is 23.7 Å². The van der Waals surface area contributed by atoms with Gasteiger partial charge in [0.1, 0.15) is 0 Å². The molecule has 0 radical (unpaired) electrons. The topological polar surface area (TPSA) is 82.5 Å². The summed E-state index contributed by atoms with van der Waals surface area (Å²) in [6, 6.07) is 2.49. The van der Waals surface area contributed by atoms with Crippen molar-refractivity contribution in [2.24, 2.45) is 11.8 Å². The SMILES string of the molecule is Cc1ccc(NC(=O)N2C[C@@H](C(F)(F)F)[C@H](C(=O)O)C2)c(C)n1. The van der Waals surface area contributed by atoms with Crippen molar-refractivity contribution >= 4 is 17.7 Å². The molecular formula is C14H16F3N3O3. The molecule has 1 aromatic heterocycles. The minimum atomic E-state index is -4.67. The third kappa shape index (κ3) is 3.72. The lowest BCUT2D eigenvalue weighted by atomic mass is 9.96. The summed E-state index contributed by atoms with van der Waals surface area (Å²) < 4.78 is 38.7. The maximum absolute atomic E-state index is 12.9. The van der Waals surface area contributed by atoms with Gasteiger partial charge >= 0.3 is 18.2 Å². The van der Waals surface area contributed by atoms with Crippen LogP contribution in [-0.2, 0) is 4.79 Å². The van der Waals surface area contributed by atoms with Crippen LogP contribution in [0.5, 0.6) is 0 Å². The number of aromatic nitrogens is 1. The second-order valence-electron chi connectivity index (χ2n) is 5.51. The molecule has 23 heavy (non-hydrogen) atoms. The van der Waals surface area contributed by atoms with Gasteiger partial charge in [-0.05, 0) is 26.0 Å². The van der Waals surface area contributed by atoms with Gasteiger partial charge in [-0.25, -0.2) is 4.79 Å². The number of rotatable bonds is 2. The van der Waals surface area contributed by atoms with Crippen LogP contribution >= 0.6 is 0 Å². The third-order valence-corrected chi connectivity index (χ3v) is 3.81. The Labute approximate surface area is 130 Å². The lowest BCUT2D eigenvalue weighted by molar-refractivity contribution is -0.187. The number of anilines is 1. The number of carboxylic acid groups (broad SMARTS) is 1. The van der Waals surface area contributed by atoms with E-state index < -0.39 is 43.1 Å². The number of likely N-dealkylation sites (tertiary alicyclic amines) is 1. The number of halogens is 3. The van der Waals surface area contributed by atoms with Gasteiger partial charge in [0.15, 0.2) is 0 Å². The first-order valence-corrected chi connectivity index (χ1v) is 6.89. The Kier molecular flexibility index (Phi) is 4.49. The summed E-state index contributed by atoms with van der Waals surface area (Å²) in [4.78, 5) is 28.1. The molecule has 2 N–H and O–H groups in total. The monoisotopic (exact) mass is 331 g/mol. The fraction of sp³-hybridized carbons (Fsp3) is 0.500. The Bertz CT molecular complexity index is 633. The lowest BCUT2D eigenvalue weighted by Crippen LogP contribution is -2.35. The van der Waals surface area contributed by atoms with Gasteiger partial charge in [0.05, 0.1) is 23.2 Å². The Morgan fingerprint density at radius 2 is 1.96 bits per heavy atom. The molecule has 2 rings (SSSR count). The van der Waals surface area contributed by atoms with Gasteiger partial charge in [-0.2, -0.15) is 13.2 Å². The molecule has 1 aliphatic heterocycles. The first-order valence-electron chi connectivity index (χ1n) is 6.89. The van der Waals surface area contributed by atoms with Gasteiger partial charge in [-0.3, -0.25) is 9.78 Å². The van der Waals surface area contributed by atoms with Crippen molar-refractivity contribution in [2.75, 3.05) is 18.4 Å². The molecule has 1 aromatic rings. The normalized spacial score (nSPS) is 21.3. The number of nitrogens with zero attached hydrogens (tertiary/aromatic N) is 2. The second-order valence-corrected chi connectivity index (χ2v) is 5.51. The standard InChI is InChI=1S/C14H16F3N3O3/c1-7-3-4-11(8(2)18-7)19-13(23)20-5-9(12(21)22)10(6-20)14(15,16)17/h3-4,9-10H,5-6H2,1-2H3,(H,19,23)(H,21,22)/t9-,10-/m1/s1. The van der Waals surface area contributed by atoms with E-state index in [0.717, 1.165) is 10.6 Å². The molecule has 0 aromatic carbocycles. The van der Waals surface area contributed by atoms with Crippen molar-refractivity contribution in [3.05, 3.63) is 23.5 Å². The van der Waals surface area contributed by atoms with E-state index in [0.29, 0.717) is 11.4 Å². The molecule has 2 atom stereocenters. The molecule has 0 saturated carbocycles. The summed E-state index contributed by atoms with van der Waals surface area (Å²) in [7, 11) is 0. The number of hydrogen-bond acceptors (Lipinski definition) is 3. The molecule has 6 nitrogen and oxygen atoms in total. The minimum Gasteiger partial charge on any atom is -0.481 e. The number of carbonyl (C=O) groups is 2. The minimum absolute atomic E-state index is 0.378. The number of amides is 2. The van der Waals surface area contributed by atoms with E-state index in [4.69, 9.17) is 5.11 Å². The first kappa shape index (κ1) is 17.0. The van der Waals surface area contributed by atoms with E-state index in [2.05, 4.69) is 10.3 Å². The molecule has 2 amide bonds. The number of nitrogens with one attached hydrogen (secondary N) is 1. The Morgan fingerprint density at radius 1 is 1.30 bits per heavy atom. The molecule has 0 unspecified atom stereocenters. The maximum atomic E-state index is 12.9. The van der Waals surface area contributed by atoms with Crippen molar-refractivity contribution in [1.82, 2.24) is 9.88 Å². The fourth-order valence-electron chi connectivity index (χ4n) is 2.56. The molecule has 2 heterocycles. The van der Waals surface area contributed by atoms with Crippen LogP contribution in [0.2, 0.25) is 0 Å². The van der Waals surface area contributed by atoms with Crippen LogP contribution in [-0.4, -0.2) is 46.3 Å². The van der Waals surface area contributed by atoms with E-state index in [1.807, 2.05) is 0 Å². The van der Waals surface area contributed by atoms with Crippen molar-refractivity contribution < 1.29 is 27.9 Å². The second kappa shape index (κ2) is 6.05. The van der Waals surface area contributed by atoms with E-state index >= 15 is 0 Å². The number of carboxylic acids is 1. The van der Waals surface area contributed by atoms with Crippen LogP contribution in [0.15, 0.2) is 12.1 Å². The first-order chi connectivity index (χ1) is 10.6. The number of alkyl halides is 3. The summed E-state index contributed by atoms with van der Waals surface area (Å²) >= 11 is 0. The summed E-state index contributed by atoms with van der Waals surface area (Å²) in [5.41, 5.74) is 1.65. The molecule has 1 saturated heterocycles. The Hall–Kier alpha value is -2.32. The number of aryl methyl sites for hydroxylation is 2. The quantitative estimate of drug-likeness (QED) is 0.872. The van der Waals surface area contributed by atoms with Crippen molar-refractivity contribution in [1.29, 1.82) is 0 Å². The maximum Gasteiger partial charge on any atom is 0.394 e. The Morgan fingerprint density at radius 3 is 2.43 bits per heavy atom. The zero-order valence-corrected chi connectivity index (χ0v) is 12.5. The fourth-order valence-corrected chi connectivity index (χ4v) is 2.56. The highest BCUT2D eigenvalue weighted by molar-refractivity contribution is 5.90. The van der Waals surface area contributed by atoms with E-state index in [-0.39, 0.29) is 0 Å². The highest BCUT2D eigenvalue weighted by Gasteiger charge is 2.53. The zero-order chi connectivity index (χ0) is 17.4.